The molecule has 7 nitrogen and oxygen atoms in total. The van der Waals surface area contributed by atoms with Gasteiger partial charge in [-0.05, 0) is 36.4 Å². The second-order valence-electron chi connectivity index (χ2n) is 4.94. The Morgan fingerprint density at radius 1 is 1.00 bits per heavy atom. The summed E-state index contributed by atoms with van der Waals surface area (Å²) in [6, 6.07) is 10.4. The molecule has 0 heterocycles. The van der Waals surface area contributed by atoms with Gasteiger partial charge in [-0.15, -0.1) is 0 Å². The number of amides is 2. The molecule has 0 unspecified atom stereocenters. The number of phenolic OH excluding ortho intramolecular Hbond substituents is 1. The fourth-order valence-electron chi connectivity index (χ4n) is 2.02. The molecule has 0 radical (unpaired) electrons. The molecule has 0 aliphatic rings. The zero-order chi connectivity index (χ0) is 17.7. The summed E-state index contributed by atoms with van der Waals surface area (Å²) in [5.41, 5.74) is 1.11. The van der Waals surface area contributed by atoms with Crippen molar-refractivity contribution < 1.29 is 24.2 Å². The highest BCUT2D eigenvalue weighted by Gasteiger charge is 2.13. The molecule has 2 aromatic rings. The molecule has 0 atom stereocenters. The second-order valence-corrected chi connectivity index (χ2v) is 4.94. The molecule has 0 aliphatic carbocycles. The number of hydrogen-bond acceptors (Lipinski definition) is 5. The quantitative estimate of drug-likeness (QED) is 0.590. The van der Waals surface area contributed by atoms with Gasteiger partial charge in [-0.2, -0.15) is 0 Å². The number of nitrogens with one attached hydrogen (secondary N) is 2. The Bertz CT molecular complexity index is 801. The minimum Gasteiger partial charge on any atom is -0.506 e. The molecule has 2 aromatic carbocycles. The number of carbonyl (C=O) groups excluding carboxylic acids is 3. The van der Waals surface area contributed by atoms with Crippen LogP contribution >= 0.6 is 0 Å². The number of ether oxygens (including phenoxy) is 1. The van der Waals surface area contributed by atoms with Gasteiger partial charge in [0, 0.05) is 18.2 Å². The van der Waals surface area contributed by atoms with Crippen LogP contribution < -0.4 is 10.6 Å². The summed E-state index contributed by atoms with van der Waals surface area (Å²) in [4.78, 5) is 34.7. The highest BCUT2D eigenvalue weighted by Crippen LogP contribution is 2.25. The number of hydrogen-bond donors (Lipinski definition) is 3. The summed E-state index contributed by atoms with van der Waals surface area (Å²) < 4.78 is 4.55. The molecule has 0 saturated heterocycles. The summed E-state index contributed by atoms with van der Waals surface area (Å²) in [6.07, 6.45) is 0. The number of aromatic hydroxyl groups is 1. The number of rotatable bonds is 4. The fourth-order valence-corrected chi connectivity index (χ4v) is 2.02. The summed E-state index contributed by atoms with van der Waals surface area (Å²) in [7, 11) is 1.23. The Labute approximate surface area is 138 Å². The first-order valence-corrected chi connectivity index (χ1v) is 7.01. The number of esters is 1. The number of phenols is 1. The number of carbonyl (C=O) groups is 3. The van der Waals surface area contributed by atoms with Gasteiger partial charge < -0.3 is 20.5 Å². The van der Waals surface area contributed by atoms with Crippen molar-refractivity contribution in [3.63, 3.8) is 0 Å². The van der Waals surface area contributed by atoms with Crippen LogP contribution in [0, 0.1) is 0 Å². The van der Waals surface area contributed by atoms with Gasteiger partial charge in [-0.3, -0.25) is 9.59 Å². The second kappa shape index (κ2) is 7.28. The van der Waals surface area contributed by atoms with Crippen molar-refractivity contribution in [2.24, 2.45) is 0 Å². The van der Waals surface area contributed by atoms with E-state index in [4.69, 9.17) is 0 Å². The van der Waals surface area contributed by atoms with Crippen LogP contribution in [0.25, 0.3) is 0 Å². The maximum Gasteiger partial charge on any atom is 0.337 e. The van der Waals surface area contributed by atoms with E-state index in [2.05, 4.69) is 15.4 Å². The first kappa shape index (κ1) is 17.0. The lowest BCUT2D eigenvalue weighted by Crippen LogP contribution is -2.13. The van der Waals surface area contributed by atoms with Crippen LogP contribution in [0.2, 0.25) is 0 Å². The smallest absolute Gasteiger partial charge is 0.337 e. The maximum atomic E-state index is 12.3. The third kappa shape index (κ3) is 4.10. The Morgan fingerprint density at radius 2 is 1.75 bits per heavy atom. The zero-order valence-corrected chi connectivity index (χ0v) is 13.1. The van der Waals surface area contributed by atoms with Crippen molar-refractivity contribution in [2.75, 3.05) is 17.7 Å². The van der Waals surface area contributed by atoms with Crippen LogP contribution in [-0.2, 0) is 9.53 Å². The van der Waals surface area contributed by atoms with Crippen LogP contribution in [0.3, 0.4) is 0 Å². The van der Waals surface area contributed by atoms with E-state index >= 15 is 0 Å². The molecule has 0 spiro atoms. The predicted molar refractivity (Wildman–Crippen MR) is 88.1 cm³/mol. The zero-order valence-electron chi connectivity index (χ0n) is 13.1. The number of methoxy groups -OCH3 is 1. The normalized spacial score (nSPS) is 9.92. The third-order valence-electron chi connectivity index (χ3n) is 3.11. The van der Waals surface area contributed by atoms with Gasteiger partial charge in [0.1, 0.15) is 5.75 Å². The number of anilines is 2. The highest BCUT2D eigenvalue weighted by atomic mass is 16.5. The van der Waals surface area contributed by atoms with Crippen molar-refractivity contribution >= 4 is 29.2 Å². The van der Waals surface area contributed by atoms with E-state index in [1.165, 1.54) is 38.3 Å². The average Bonchev–Trinajstić information content (AvgIpc) is 2.55. The first-order valence-electron chi connectivity index (χ1n) is 7.01. The molecule has 7 heteroatoms. The summed E-state index contributed by atoms with van der Waals surface area (Å²) in [5, 5.41) is 15.0. The Morgan fingerprint density at radius 3 is 2.38 bits per heavy atom. The molecule has 24 heavy (non-hydrogen) atoms. The fraction of sp³-hybridized carbons (Fsp3) is 0.118. The first-order chi connectivity index (χ1) is 11.4. The molecular formula is C17H16N2O5. The number of benzene rings is 2. The van der Waals surface area contributed by atoms with Crippen LogP contribution in [0.15, 0.2) is 42.5 Å². The molecular weight excluding hydrogens is 312 g/mol. The van der Waals surface area contributed by atoms with Crippen molar-refractivity contribution in [3.8, 4) is 5.75 Å². The largest absolute Gasteiger partial charge is 0.506 e. The van der Waals surface area contributed by atoms with E-state index in [1.807, 2.05) is 0 Å². The molecule has 2 amide bonds. The van der Waals surface area contributed by atoms with E-state index < -0.39 is 11.9 Å². The SMILES string of the molecule is COC(=O)c1ccc(NC(=O)c2cccc(NC(C)=O)c2)c(O)c1. The summed E-state index contributed by atoms with van der Waals surface area (Å²) in [5.74, 6) is -1.57. The topological polar surface area (TPSA) is 105 Å². The standard InChI is InChI=1S/C17H16N2O5/c1-10(20)18-13-5-3-4-11(8-13)16(22)19-14-7-6-12(9-15(14)21)17(23)24-2/h3-9,21H,1-2H3,(H,18,20)(H,19,22). The van der Waals surface area contributed by atoms with Gasteiger partial charge >= 0.3 is 5.97 Å². The maximum absolute atomic E-state index is 12.3. The van der Waals surface area contributed by atoms with Crippen LogP contribution in [0.4, 0.5) is 11.4 Å². The third-order valence-corrected chi connectivity index (χ3v) is 3.11. The van der Waals surface area contributed by atoms with Crippen molar-refractivity contribution in [3.05, 3.63) is 53.6 Å². The van der Waals surface area contributed by atoms with Gasteiger partial charge in [-0.1, -0.05) is 6.07 Å². The van der Waals surface area contributed by atoms with Gasteiger partial charge in [0.05, 0.1) is 18.4 Å². The van der Waals surface area contributed by atoms with E-state index in [1.54, 1.807) is 18.2 Å². The molecule has 0 fully saturated rings. The molecule has 124 valence electrons. The molecule has 0 saturated carbocycles. The molecule has 0 bridgehead atoms. The molecule has 2 rings (SSSR count). The van der Waals surface area contributed by atoms with E-state index in [0.29, 0.717) is 11.3 Å². The lowest BCUT2D eigenvalue weighted by atomic mass is 10.1. The molecule has 3 N–H and O–H groups in total. The molecule has 0 aromatic heterocycles. The Hall–Kier alpha value is -3.35. The molecule has 0 aliphatic heterocycles. The van der Waals surface area contributed by atoms with Gasteiger partial charge in [0.2, 0.25) is 5.91 Å². The van der Waals surface area contributed by atoms with E-state index in [9.17, 15) is 19.5 Å². The van der Waals surface area contributed by atoms with Gasteiger partial charge in [-0.25, -0.2) is 4.79 Å². The minimum absolute atomic E-state index is 0.151. The van der Waals surface area contributed by atoms with Crippen LogP contribution in [0.1, 0.15) is 27.6 Å². The van der Waals surface area contributed by atoms with E-state index in [0.717, 1.165) is 0 Å². The van der Waals surface area contributed by atoms with Gasteiger partial charge in [0.15, 0.2) is 0 Å². The summed E-state index contributed by atoms with van der Waals surface area (Å²) in [6.45, 7) is 1.37. The minimum atomic E-state index is -0.591. The Kier molecular flexibility index (Phi) is 5.16. The predicted octanol–water partition coefficient (Wildman–Crippen LogP) is 2.39. The van der Waals surface area contributed by atoms with E-state index in [-0.39, 0.29) is 22.9 Å². The van der Waals surface area contributed by atoms with Gasteiger partial charge in [0.25, 0.3) is 5.91 Å². The Balaban J connectivity index is 2.18. The van der Waals surface area contributed by atoms with Crippen molar-refractivity contribution in [1.82, 2.24) is 0 Å². The lowest BCUT2D eigenvalue weighted by molar-refractivity contribution is -0.114. The lowest BCUT2D eigenvalue weighted by Gasteiger charge is -2.09. The summed E-state index contributed by atoms with van der Waals surface area (Å²) >= 11 is 0. The average molecular weight is 328 g/mol. The van der Waals surface area contributed by atoms with Crippen molar-refractivity contribution in [1.29, 1.82) is 0 Å². The van der Waals surface area contributed by atoms with Crippen LogP contribution in [0.5, 0.6) is 5.75 Å². The van der Waals surface area contributed by atoms with Crippen LogP contribution in [-0.4, -0.2) is 30.0 Å². The monoisotopic (exact) mass is 328 g/mol. The van der Waals surface area contributed by atoms with Crippen molar-refractivity contribution in [2.45, 2.75) is 6.92 Å². The highest BCUT2D eigenvalue weighted by molar-refractivity contribution is 6.06.